The summed E-state index contributed by atoms with van der Waals surface area (Å²) in [5, 5.41) is 7.54. The van der Waals surface area contributed by atoms with Gasteiger partial charge in [-0.3, -0.25) is 0 Å². The molecule has 8 nitrogen and oxygen atoms in total. The van der Waals surface area contributed by atoms with Crippen molar-refractivity contribution in [3.05, 3.63) is 39.9 Å². The first-order valence-corrected chi connectivity index (χ1v) is 11.7. The van der Waals surface area contributed by atoms with Gasteiger partial charge in [0.25, 0.3) is 0 Å². The normalized spacial score (nSPS) is 16.3. The van der Waals surface area contributed by atoms with Gasteiger partial charge in [0.05, 0.1) is 7.11 Å². The largest absolute Gasteiger partial charge is 0.467 e. The molecule has 2 heterocycles. The van der Waals surface area contributed by atoms with E-state index < -0.39 is 11.7 Å². The van der Waals surface area contributed by atoms with Crippen LogP contribution in [0.15, 0.2) is 24.3 Å². The van der Waals surface area contributed by atoms with Crippen LogP contribution in [-0.4, -0.2) is 54.4 Å². The van der Waals surface area contributed by atoms with E-state index in [1.165, 1.54) is 0 Å². The van der Waals surface area contributed by atoms with Crippen LogP contribution in [0, 0.1) is 0 Å². The zero-order chi connectivity index (χ0) is 24.0. The third kappa shape index (κ3) is 7.82. The lowest BCUT2D eigenvalue weighted by molar-refractivity contribution is 0.0500. The first-order valence-electron chi connectivity index (χ1n) is 11.0. The van der Waals surface area contributed by atoms with E-state index in [1.54, 1.807) is 13.2 Å². The molecule has 1 atom stereocenters. The molecule has 2 aromatic rings. The van der Waals surface area contributed by atoms with Gasteiger partial charge in [0.15, 0.2) is 0 Å². The first kappa shape index (κ1) is 25.2. The molecule has 1 aliphatic rings. The standard InChI is InChI=1S/C23H31Cl2N5O3/c1-23(2,3)33-22(31)27-17-6-5-11-30(14-17)20-13-19(28-21(29-20)32-4)26-10-9-15-7-8-16(24)12-18(15)25/h7-8,12-13,17H,5-6,9-11,14H2,1-4H3,(H,27,31)(H,26,28,29). The average molecular weight is 496 g/mol. The highest BCUT2D eigenvalue weighted by molar-refractivity contribution is 6.35. The van der Waals surface area contributed by atoms with Crippen LogP contribution in [0.5, 0.6) is 6.01 Å². The Kier molecular flexibility index (Phi) is 8.48. The summed E-state index contributed by atoms with van der Waals surface area (Å²) in [6.45, 7) is 7.63. The number of alkyl carbamates (subject to hydrolysis) is 1. The number of benzene rings is 1. The highest BCUT2D eigenvalue weighted by Gasteiger charge is 2.25. The van der Waals surface area contributed by atoms with Crippen molar-refractivity contribution in [2.45, 2.75) is 51.7 Å². The highest BCUT2D eigenvalue weighted by atomic mass is 35.5. The zero-order valence-corrected chi connectivity index (χ0v) is 21.0. The molecule has 1 aromatic carbocycles. The summed E-state index contributed by atoms with van der Waals surface area (Å²) >= 11 is 12.2. The predicted molar refractivity (Wildman–Crippen MR) is 132 cm³/mol. The molecule has 2 N–H and O–H groups in total. The van der Waals surface area contributed by atoms with Crippen molar-refractivity contribution in [2.24, 2.45) is 0 Å². The fraction of sp³-hybridized carbons (Fsp3) is 0.522. The Morgan fingerprint density at radius 3 is 2.73 bits per heavy atom. The van der Waals surface area contributed by atoms with Crippen molar-refractivity contribution in [1.82, 2.24) is 15.3 Å². The highest BCUT2D eigenvalue weighted by Crippen LogP contribution is 2.24. The second-order valence-corrected chi connectivity index (χ2v) is 9.79. The third-order valence-electron chi connectivity index (χ3n) is 5.06. The minimum atomic E-state index is -0.532. The number of ether oxygens (including phenoxy) is 2. The number of piperidine rings is 1. The maximum Gasteiger partial charge on any atom is 0.407 e. The second kappa shape index (κ2) is 11.1. The third-order valence-corrected chi connectivity index (χ3v) is 5.64. The molecule has 1 aliphatic heterocycles. The van der Waals surface area contributed by atoms with Gasteiger partial charge in [0, 0.05) is 41.8 Å². The Bertz CT molecular complexity index is 968. The quantitative estimate of drug-likeness (QED) is 0.561. The Balaban J connectivity index is 1.63. The fourth-order valence-electron chi connectivity index (χ4n) is 3.58. The number of halogens is 2. The van der Waals surface area contributed by atoms with Gasteiger partial charge in [-0.25, -0.2) is 4.79 Å². The predicted octanol–water partition coefficient (Wildman–Crippen LogP) is 4.94. The van der Waals surface area contributed by atoms with Gasteiger partial charge >= 0.3 is 12.1 Å². The Labute approximate surface area is 205 Å². The first-order chi connectivity index (χ1) is 15.6. The van der Waals surface area contributed by atoms with Crippen LogP contribution in [0.3, 0.4) is 0 Å². The number of rotatable bonds is 7. The minimum Gasteiger partial charge on any atom is -0.467 e. The SMILES string of the molecule is COc1nc(NCCc2ccc(Cl)cc2Cl)cc(N2CCCC(NC(=O)OC(C)(C)C)C2)n1. The van der Waals surface area contributed by atoms with Crippen molar-refractivity contribution in [2.75, 3.05) is 37.0 Å². The monoisotopic (exact) mass is 495 g/mol. The van der Waals surface area contributed by atoms with Crippen LogP contribution < -0.4 is 20.3 Å². The molecule has 33 heavy (non-hydrogen) atoms. The smallest absolute Gasteiger partial charge is 0.407 e. The van der Waals surface area contributed by atoms with Gasteiger partial charge in [0.2, 0.25) is 0 Å². The molecule has 1 amide bonds. The molecule has 0 saturated carbocycles. The van der Waals surface area contributed by atoms with E-state index in [-0.39, 0.29) is 12.1 Å². The number of hydrogen-bond donors (Lipinski definition) is 2. The number of methoxy groups -OCH3 is 1. The van der Waals surface area contributed by atoms with E-state index in [4.69, 9.17) is 32.7 Å². The molecule has 1 fully saturated rings. The molecule has 0 radical (unpaired) electrons. The number of amides is 1. The Hall–Kier alpha value is -2.45. The summed E-state index contributed by atoms with van der Waals surface area (Å²) < 4.78 is 10.7. The molecule has 3 rings (SSSR count). The second-order valence-electron chi connectivity index (χ2n) is 8.94. The summed E-state index contributed by atoms with van der Waals surface area (Å²) in [5.41, 5.74) is 0.469. The zero-order valence-electron chi connectivity index (χ0n) is 19.5. The van der Waals surface area contributed by atoms with Gasteiger partial charge in [0.1, 0.15) is 17.2 Å². The van der Waals surface area contributed by atoms with E-state index in [0.717, 1.165) is 30.8 Å². The fourth-order valence-corrected chi connectivity index (χ4v) is 4.09. The lowest BCUT2D eigenvalue weighted by Gasteiger charge is -2.34. The van der Waals surface area contributed by atoms with Crippen LogP contribution >= 0.6 is 23.2 Å². The molecule has 0 spiro atoms. The van der Waals surface area contributed by atoms with Crippen molar-refractivity contribution in [3.63, 3.8) is 0 Å². The molecule has 180 valence electrons. The molecule has 1 unspecified atom stereocenters. The van der Waals surface area contributed by atoms with Crippen molar-refractivity contribution in [3.8, 4) is 6.01 Å². The van der Waals surface area contributed by atoms with Gasteiger partial charge in [-0.15, -0.1) is 0 Å². The topological polar surface area (TPSA) is 88.6 Å². The van der Waals surface area contributed by atoms with Gasteiger partial charge in [-0.1, -0.05) is 29.3 Å². The van der Waals surface area contributed by atoms with Crippen molar-refractivity contribution >= 4 is 40.9 Å². The van der Waals surface area contributed by atoms with Crippen LogP contribution in [0.4, 0.5) is 16.4 Å². The van der Waals surface area contributed by atoms with Crippen molar-refractivity contribution in [1.29, 1.82) is 0 Å². The summed E-state index contributed by atoms with van der Waals surface area (Å²) in [5.74, 6) is 1.40. The van der Waals surface area contributed by atoms with Gasteiger partial charge < -0.3 is 25.0 Å². The molecule has 10 heteroatoms. The number of aromatic nitrogens is 2. The van der Waals surface area contributed by atoms with E-state index in [2.05, 4.69) is 25.5 Å². The van der Waals surface area contributed by atoms with E-state index in [0.29, 0.717) is 35.4 Å². The van der Waals surface area contributed by atoms with E-state index in [9.17, 15) is 4.79 Å². The maximum absolute atomic E-state index is 12.2. The van der Waals surface area contributed by atoms with E-state index in [1.807, 2.05) is 39.0 Å². The van der Waals surface area contributed by atoms with Crippen LogP contribution in [-0.2, 0) is 11.2 Å². The summed E-state index contributed by atoms with van der Waals surface area (Å²) in [6, 6.07) is 7.63. The number of carbonyl (C=O) groups is 1. The number of nitrogens with zero attached hydrogens (tertiary/aromatic N) is 3. The van der Waals surface area contributed by atoms with Crippen molar-refractivity contribution < 1.29 is 14.3 Å². The Morgan fingerprint density at radius 1 is 1.24 bits per heavy atom. The summed E-state index contributed by atoms with van der Waals surface area (Å²) in [7, 11) is 1.54. The van der Waals surface area contributed by atoms with Gasteiger partial charge in [-0.05, 0) is 57.7 Å². The summed E-state index contributed by atoms with van der Waals surface area (Å²) in [4.78, 5) is 23.2. The molecule has 0 aliphatic carbocycles. The molecule has 1 saturated heterocycles. The number of nitrogens with one attached hydrogen (secondary N) is 2. The summed E-state index contributed by atoms with van der Waals surface area (Å²) in [6.07, 6.45) is 2.11. The molecular formula is C23H31Cl2N5O3. The van der Waals surface area contributed by atoms with E-state index >= 15 is 0 Å². The minimum absolute atomic E-state index is 0.0296. The number of carbonyl (C=O) groups excluding carboxylic acids is 1. The van der Waals surface area contributed by atoms with Gasteiger partial charge in [-0.2, -0.15) is 9.97 Å². The van der Waals surface area contributed by atoms with Crippen LogP contribution in [0.2, 0.25) is 10.0 Å². The number of anilines is 2. The average Bonchev–Trinajstić information content (AvgIpc) is 2.74. The van der Waals surface area contributed by atoms with Crippen LogP contribution in [0.1, 0.15) is 39.2 Å². The molecule has 0 bridgehead atoms. The maximum atomic E-state index is 12.2. The lowest BCUT2D eigenvalue weighted by atomic mass is 10.1. The number of hydrogen-bond acceptors (Lipinski definition) is 7. The lowest BCUT2D eigenvalue weighted by Crippen LogP contribution is -2.49. The molecule has 1 aromatic heterocycles. The Morgan fingerprint density at radius 2 is 2.03 bits per heavy atom. The van der Waals surface area contributed by atoms with Crippen LogP contribution in [0.25, 0.3) is 0 Å². The molecular weight excluding hydrogens is 465 g/mol.